The van der Waals surface area contributed by atoms with Gasteiger partial charge in [-0.05, 0) is 18.2 Å². The minimum atomic E-state index is -1.71. The summed E-state index contributed by atoms with van der Waals surface area (Å²) in [5, 5.41) is 7.62. The molecule has 1 saturated heterocycles. The molecule has 3 N–H and O–H groups in total. The number of ether oxygens (including phenoxy) is 2. The normalized spacial score (nSPS) is 21.3. The summed E-state index contributed by atoms with van der Waals surface area (Å²) in [5.41, 5.74) is -0.947. The number of amides is 4. The molecule has 0 unspecified atom stereocenters. The van der Waals surface area contributed by atoms with E-state index >= 15 is 4.39 Å². The second kappa shape index (κ2) is 7.40. The van der Waals surface area contributed by atoms with E-state index in [2.05, 4.69) is 16.0 Å². The summed E-state index contributed by atoms with van der Waals surface area (Å²) in [7, 11) is 1.35. The summed E-state index contributed by atoms with van der Waals surface area (Å²) in [6.07, 6.45) is 0. The van der Waals surface area contributed by atoms with Crippen molar-refractivity contribution in [2.24, 2.45) is 0 Å². The van der Waals surface area contributed by atoms with Gasteiger partial charge in [-0.3, -0.25) is 19.8 Å². The Hall–Kier alpha value is -4.19. The Morgan fingerprint density at radius 1 is 1.17 bits per heavy atom. The molecule has 3 aliphatic heterocycles. The van der Waals surface area contributed by atoms with E-state index in [1.54, 1.807) is 11.0 Å². The van der Waals surface area contributed by atoms with Crippen molar-refractivity contribution >= 4 is 28.8 Å². The second-order valence-electron chi connectivity index (χ2n) is 8.57. The highest BCUT2D eigenvalue weighted by molar-refractivity contribution is 6.08. The predicted octanol–water partition coefficient (Wildman–Crippen LogP) is 1.85. The average molecular weight is 484 g/mol. The zero-order chi connectivity index (χ0) is 24.5. The quantitative estimate of drug-likeness (QED) is 0.483. The first-order chi connectivity index (χ1) is 16.8. The molecule has 4 heterocycles. The number of hydrogen-bond acceptors (Lipinski definition) is 7. The van der Waals surface area contributed by atoms with E-state index in [-0.39, 0.29) is 65.7 Å². The third kappa shape index (κ3) is 3.06. The highest BCUT2D eigenvalue weighted by atomic mass is 19.1. The molecule has 3 aliphatic rings. The first-order valence-electron chi connectivity index (χ1n) is 10.7. The fraction of sp³-hybridized carbons (Fsp3) is 0.261. The Bertz CT molecular complexity index is 1450. The molecule has 4 amide bonds. The number of hydrogen-bond donors (Lipinski definition) is 3. The Balaban J connectivity index is 1.39. The number of carbonyl (C=O) groups excluding carboxylic acids is 3. The molecule has 1 atom stereocenters. The number of furan rings is 1. The highest BCUT2D eigenvalue weighted by Crippen LogP contribution is 2.38. The second-order valence-corrected chi connectivity index (χ2v) is 8.57. The van der Waals surface area contributed by atoms with Gasteiger partial charge in [0.1, 0.15) is 12.5 Å². The van der Waals surface area contributed by atoms with Crippen LogP contribution in [-0.2, 0) is 23.4 Å². The first kappa shape index (κ1) is 21.4. The lowest BCUT2D eigenvalue weighted by Gasteiger charge is -2.34. The van der Waals surface area contributed by atoms with Gasteiger partial charge in [0.25, 0.3) is 11.8 Å². The third-order valence-corrected chi connectivity index (χ3v) is 6.49. The standard InChI is InChI=1S/C23H18F2N4O6/c1-33-14-3-2-10-7-29(9-34-18(10)17(14)25)8-23(21(31)27-22(32)28-23)15-5-11-4-12-13(6-26-20(12)30)16(24)19(11)35-15/h2-5H,6-9H2,1H3,(H,26,30)(H2,27,28,31,32)/t23-/m0/s1. The summed E-state index contributed by atoms with van der Waals surface area (Å²) in [6.45, 7) is 0.0226. The van der Waals surface area contributed by atoms with Gasteiger partial charge >= 0.3 is 6.03 Å². The fourth-order valence-corrected chi connectivity index (χ4v) is 4.78. The summed E-state index contributed by atoms with van der Waals surface area (Å²) in [5.74, 6) is -2.35. The van der Waals surface area contributed by atoms with Crippen molar-refractivity contribution < 1.29 is 37.1 Å². The molecule has 10 nitrogen and oxygen atoms in total. The Kier molecular flexibility index (Phi) is 4.52. The van der Waals surface area contributed by atoms with Crippen LogP contribution in [0.25, 0.3) is 11.0 Å². The van der Waals surface area contributed by atoms with Gasteiger partial charge in [-0.1, -0.05) is 6.07 Å². The summed E-state index contributed by atoms with van der Waals surface area (Å²) in [4.78, 5) is 38.9. The molecule has 1 fully saturated rings. The van der Waals surface area contributed by atoms with Crippen molar-refractivity contribution in [3.8, 4) is 11.5 Å². The van der Waals surface area contributed by atoms with Crippen LogP contribution in [0.2, 0.25) is 0 Å². The molecule has 2 aromatic carbocycles. The van der Waals surface area contributed by atoms with E-state index in [4.69, 9.17) is 13.9 Å². The van der Waals surface area contributed by atoms with Gasteiger partial charge in [0.05, 0.1) is 7.11 Å². The number of nitrogens with one attached hydrogen (secondary N) is 3. The smallest absolute Gasteiger partial charge is 0.322 e. The Labute approximate surface area is 196 Å². The van der Waals surface area contributed by atoms with Crippen LogP contribution in [-0.4, -0.2) is 43.1 Å². The number of fused-ring (bicyclic) bond motifs is 3. The molecule has 0 aliphatic carbocycles. The summed E-state index contributed by atoms with van der Waals surface area (Å²) < 4.78 is 46.0. The molecule has 0 spiro atoms. The van der Waals surface area contributed by atoms with Crippen LogP contribution < -0.4 is 25.4 Å². The van der Waals surface area contributed by atoms with Crippen molar-refractivity contribution in [3.05, 3.63) is 58.4 Å². The van der Waals surface area contributed by atoms with Gasteiger partial charge in [0.15, 0.2) is 28.4 Å². The van der Waals surface area contributed by atoms with Crippen molar-refractivity contribution in [3.63, 3.8) is 0 Å². The first-order valence-corrected chi connectivity index (χ1v) is 10.7. The largest absolute Gasteiger partial charge is 0.494 e. The van der Waals surface area contributed by atoms with Gasteiger partial charge in [-0.25, -0.2) is 9.18 Å². The van der Waals surface area contributed by atoms with Crippen LogP contribution in [0.3, 0.4) is 0 Å². The van der Waals surface area contributed by atoms with Crippen LogP contribution in [0, 0.1) is 11.6 Å². The van der Waals surface area contributed by atoms with Crippen molar-refractivity contribution in [1.82, 2.24) is 20.9 Å². The van der Waals surface area contributed by atoms with E-state index in [0.717, 1.165) is 0 Å². The van der Waals surface area contributed by atoms with Crippen LogP contribution in [0.5, 0.6) is 11.5 Å². The molecular formula is C23H18F2N4O6. The molecule has 6 rings (SSSR count). The number of rotatable bonds is 4. The van der Waals surface area contributed by atoms with Gasteiger partial charge < -0.3 is 24.5 Å². The van der Waals surface area contributed by atoms with E-state index in [1.165, 1.54) is 25.3 Å². The van der Waals surface area contributed by atoms with Gasteiger partial charge in [-0.15, -0.1) is 0 Å². The number of carbonyl (C=O) groups is 3. The van der Waals surface area contributed by atoms with Gasteiger partial charge in [-0.2, -0.15) is 4.39 Å². The summed E-state index contributed by atoms with van der Waals surface area (Å²) >= 11 is 0. The zero-order valence-electron chi connectivity index (χ0n) is 18.3. The minimum absolute atomic E-state index is 0.00876. The van der Waals surface area contributed by atoms with E-state index in [1.807, 2.05) is 0 Å². The maximum atomic E-state index is 15.1. The highest BCUT2D eigenvalue weighted by Gasteiger charge is 2.52. The number of methoxy groups -OCH3 is 1. The van der Waals surface area contributed by atoms with Crippen LogP contribution >= 0.6 is 0 Å². The Morgan fingerprint density at radius 2 is 2.00 bits per heavy atom. The number of imide groups is 1. The van der Waals surface area contributed by atoms with Crippen LogP contribution in [0.1, 0.15) is 27.2 Å². The molecule has 3 aromatic rings. The van der Waals surface area contributed by atoms with Crippen LogP contribution in [0.4, 0.5) is 13.6 Å². The lowest BCUT2D eigenvalue weighted by molar-refractivity contribution is -0.126. The molecule has 12 heteroatoms. The van der Waals surface area contributed by atoms with E-state index in [9.17, 15) is 18.8 Å². The van der Waals surface area contributed by atoms with Gasteiger partial charge in [0.2, 0.25) is 5.82 Å². The van der Waals surface area contributed by atoms with Crippen LogP contribution in [0.15, 0.2) is 28.7 Å². The SMILES string of the molecule is COc1ccc2c(c1F)OCN(C[C@@]1(c3cc4cc5c(c(F)c4o3)CNC5=O)NC(=O)NC1=O)C2. The number of halogens is 2. The molecule has 0 saturated carbocycles. The van der Waals surface area contributed by atoms with E-state index < -0.39 is 35.0 Å². The molecular weight excluding hydrogens is 466 g/mol. The molecule has 180 valence electrons. The number of nitrogens with zero attached hydrogens (tertiary/aromatic N) is 1. The summed E-state index contributed by atoms with van der Waals surface area (Å²) in [6, 6.07) is 5.29. The topological polar surface area (TPSA) is 122 Å². The maximum absolute atomic E-state index is 15.1. The van der Waals surface area contributed by atoms with Crippen molar-refractivity contribution in [1.29, 1.82) is 0 Å². The monoisotopic (exact) mass is 484 g/mol. The van der Waals surface area contributed by atoms with Gasteiger partial charge in [0, 0.05) is 41.7 Å². The third-order valence-electron chi connectivity index (χ3n) is 6.49. The lowest BCUT2D eigenvalue weighted by atomic mass is 9.94. The molecule has 0 bridgehead atoms. The lowest BCUT2D eigenvalue weighted by Crippen LogP contribution is -2.53. The average Bonchev–Trinajstić information content (AvgIpc) is 3.51. The fourth-order valence-electron chi connectivity index (χ4n) is 4.78. The maximum Gasteiger partial charge on any atom is 0.322 e. The molecule has 0 radical (unpaired) electrons. The molecule has 35 heavy (non-hydrogen) atoms. The van der Waals surface area contributed by atoms with Crippen molar-refractivity contribution in [2.75, 3.05) is 20.4 Å². The van der Waals surface area contributed by atoms with Crippen molar-refractivity contribution in [2.45, 2.75) is 18.6 Å². The number of benzene rings is 2. The molecule has 1 aromatic heterocycles. The zero-order valence-corrected chi connectivity index (χ0v) is 18.3. The predicted molar refractivity (Wildman–Crippen MR) is 115 cm³/mol. The number of urea groups is 1. The minimum Gasteiger partial charge on any atom is -0.494 e. The van der Waals surface area contributed by atoms with E-state index in [0.29, 0.717) is 5.56 Å². The Morgan fingerprint density at radius 3 is 2.74 bits per heavy atom.